The minimum absolute atomic E-state index is 0.0749. The van der Waals surface area contributed by atoms with Crippen LogP contribution in [0.2, 0.25) is 0 Å². The second-order valence-corrected chi connectivity index (χ2v) is 10.3. The Bertz CT molecular complexity index is 2330. The standard InChI is InChI=1S/C32H22F2N10/c33-23(28-20-7-5-18(13-17(20)9-12-37-28)39-31-29-25(41-43-31)3-1-10-35-29)15-27-21-8-6-19(14-22(21)24(34)16-38-27)40-32-30-26(42-44-32)4-2-11-36-30/h1-14,16,23H,15H2,(H2,39,41,43)(H2,40,42,44). The van der Waals surface area contributed by atoms with Crippen LogP contribution >= 0.6 is 0 Å². The van der Waals surface area contributed by atoms with Crippen molar-refractivity contribution in [2.75, 3.05) is 10.6 Å². The normalized spacial score (nSPS) is 12.3. The molecule has 0 aliphatic rings. The lowest BCUT2D eigenvalue weighted by atomic mass is 10.0. The number of halogens is 2. The molecule has 1 atom stereocenters. The van der Waals surface area contributed by atoms with E-state index in [1.807, 2.05) is 48.5 Å². The van der Waals surface area contributed by atoms with E-state index in [4.69, 9.17) is 0 Å². The van der Waals surface area contributed by atoms with Gasteiger partial charge in [-0.2, -0.15) is 10.2 Å². The minimum atomic E-state index is -1.47. The van der Waals surface area contributed by atoms with Crippen molar-refractivity contribution in [1.29, 1.82) is 0 Å². The number of nitrogens with one attached hydrogen (secondary N) is 4. The van der Waals surface area contributed by atoms with Gasteiger partial charge in [-0.3, -0.25) is 30.1 Å². The summed E-state index contributed by atoms with van der Waals surface area (Å²) in [6.07, 6.45) is 4.54. The van der Waals surface area contributed by atoms with Crippen LogP contribution in [0, 0.1) is 5.82 Å². The van der Waals surface area contributed by atoms with Gasteiger partial charge in [0.1, 0.15) is 23.0 Å². The summed E-state index contributed by atoms with van der Waals surface area (Å²) in [6, 6.07) is 20.0. The molecule has 0 saturated carbocycles. The fraction of sp³-hybridized carbons (Fsp3) is 0.0625. The summed E-state index contributed by atoms with van der Waals surface area (Å²) in [5.41, 5.74) is 5.10. The van der Waals surface area contributed by atoms with Gasteiger partial charge >= 0.3 is 0 Å². The molecule has 0 fully saturated rings. The van der Waals surface area contributed by atoms with E-state index in [1.165, 1.54) is 0 Å². The number of hydrogen-bond donors (Lipinski definition) is 4. The van der Waals surface area contributed by atoms with Gasteiger partial charge in [0, 0.05) is 52.5 Å². The summed E-state index contributed by atoms with van der Waals surface area (Å²) in [6.45, 7) is 0. The monoisotopic (exact) mass is 584 g/mol. The third kappa shape index (κ3) is 4.49. The van der Waals surface area contributed by atoms with Crippen LogP contribution in [-0.2, 0) is 6.42 Å². The summed E-state index contributed by atoms with van der Waals surface area (Å²) in [7, 11) is 0. The van der Waals surface area contributed by atoms with Crippen molar-refractivity contribution in [1.82, 2.24) is 40.3 Å². The molecule has 0 aliphatic carbocycles. The van der Waals surface area contributed by atoms with Gasteiger partial charge in [0.15, 0.2) is 11.6 Å². The average Bonchev–Trinajstić information content (AvgIpc) is 3.66. The molecule has 44 heavy (non-hydrogen) atoms. The number of aromatic nitrogens is 8. The number of aromatic amines is 2. The average molecular weight is 585 g/mol. The molecule has 0 spiro atoms. The van der Waals surface area contributed by atoms with E-state index < -0.39 is 12.0 Å². The topological polar surface area (TPSA) is 133 Å². The van der Waals surface area contributed by atoms with Crippen LogP contribution < -0.4 is 10.6 Å². The highest BCUT2D eigenvalue weighted by Crippen LogP contribution is 2.33. The van der Waals surface area contributed by atoms with Crippen molar-refractivity contribution >= 4 is 66.6 Å². The maximum Gasteiger partial charge on any atom is 0.178 e. The van der Waals surface area contributed by atoms with Gasteiger partial charge in [0.25, 0.3) is 0 Å². The van der Waals surface area contributed by atoms with Crippen LogP contribution in [0.4, 0.5) is 31.8 Å². The second kappa shape index (κ2) is 10.3. The summed E-state index contributed by atoms with van der Waals surface area (Å²) >= 11 is 0. The Hall–Kier alpha value is -6.04. The van der Waals surface area contributed by atoms with Gasteiger partial charge in [0.05, 0.1) is 28.6 Å². The molecule has 8 rings (SSSR count). The van der Waals surface area contributed by atoms with E-state index in [-0.39, 0.29) is 12.1 Å². The molecule has 0 radical (unpaired) electrons. The second-order valence-electron chi connectivity index (χ2n) is 10.3. The Balaban J connectivity index is 1.07. The molecular weight excluding hydrogens is 562 g/mol. The number of hydrogen-bond acceptors (Lipinski definition) is 8. The molecule has 214 valence electrons. The quantitative estimate of drug-likeness (QED) is 0.155. The highest BCUT2D eigenvalue weighted by Gasteiger charge is 2.20. The molecule has 0 saturated heterocycles. The molecule has 6 heterocycles. The Morgan fingerprint density at radius 2 is 1.34 bits per heavy atom. The van der Waals surface area contributed by atoms with Crippen molar-refractivity contribution in [3.8, 4) is 0 Å². The highest BCUT2D eigenvalue weighted by atomic mass is 19.1. The first kappa shape index (κ1) is 25.7. The predicted octanol–water partition coefficient (Wildman–Crippen LogP) is 7.21. The summed E-state index contributed by atoms with van der Waals surface area (Å²) in [5.74, 6) is 0.615. The van der Waals surface area contributed by atoms with Gasteiger partial charge in [-0.15, -0.1) is 0 Å². The molecule has 0 aliphatic heterocycles. The fourth-order valence-electron chi connectivity index (χ4n) is 5.46. The lowest BCUT2D eigenvalue weighted by Crippen LogP contribution is -2.04. The van der Waals surface area contributed by atoms with Crippen molar-refractivity contribution in [2.45, 2.75) is 12.6 Å². The highest BCUT2D eigenvalue weighted by molar-refractivity contribution is 5.93. The van der Waals surface area contributed by atoms with Gasteiger partial charge in [-0.25, -0.2) is 8.78 Å². The molecule has 0 bridgehead atoms. The zero-order valence-corrected chi connectivity index (χ0v) is 22.9. The Morgan fingerprint density at radius 1 is 0.682 bits per heavy atom. The zero-order chi connectivity index (χ0) is 29.6. The van der Waals surface area contributed by atoms with E-state index in [9.17, 15) is 4.39 Å². The first-order chi connectivity index (χ1) is 21.6. The number of H-pyrrole nitrogens is 2. The molecule has 12 heteroatoms. The molecule has 2 aromatic carbocycles. The predicted molar refractivity (Wildman–Crippen MR) is 165 cm³/mol. The summed E-state index contributed by atoms with van der Waals surface area (Å²) in [5, 5.41) is 23.3. The molecule has 8 aromatic rings. The maximum atomic E-state index is 16.0. The van der Waals surface area contributed by atoms with Gasteiger partial charge in [0.2, 0.25) is 0 Å². The largest absolute Gasteiger partial charge is 0.337 e. The molecule has 4 N–H and O–H groups in total. The van der Waals surface area contributed by atoms with Crippen LogP contribution in [0.15, 0.2) is 91.5 Å². The van der Waals surface area contributed by atoms with Gasteiger partial charge in [-0.1, -0.05) is 12.1 Å². The number of fused-ring (bicyclic) bond motifs is 4. The van der Waals surface area contributed by atoms with E-state index in [0.717, 1.165) is 33.8 Å². The van der Waals surface area contributed by atoms with E-state index in [1.54, 1.807) is 36.8 Å². The SMILES string of the molecule is Fc1cnc(CC(F)c2nccc3cc(Nc4n[nH]c5cccnc45)ccc23)c2ccc(Nc3n[nH]c4cccnc34)cc12. The maximum absolute atomic E-state index is 16.0. The number of rotatable bonds is 7. The van der Waals surface area contributed by atoms with Crippen LogP contribution in [0.25, 0.3) is 43.6 Å². The first-order valence-corrected chi connectivity index (χ1v) is 13.8. The molecule has 1 unspecified atom stereocenters. The Kier molecular flexibility index (Phi) is 6.03. The third-order valence-corrected chi connectivity index (χ3v) is 7.55. The van der Waals surface area contributed by atoms with Crippen LogP contribution in [-0.4, -0.2) is 40.3 Å². The van der Waals surface area contributed by atoms with Crippen LogP contribution in [0.5, 0.6) is 0 Å². The molecular formula is C32H22F2N10. The van der Waals surface area contributed by atoms with E-state index in [2.05, 4.69) is 51.0 Å². The van der Waals surface area contributed by atoms with Crippen LogP contribution in [0.1, 0.15) is 17.6 Å². The molecule has 6 aromatic heterocycles. The Morgan fingerprint density at radius 3 is 2.05 bits per heavy atom. The summed E-state index contributed by atoms with van der Waals surface area (Å²) in [4.78, 5) is 17.4. The zero-order valence-electron chi connectivity index (χ0n) is 22.9. The number of nitrogens with zero attached hydrogens (tertiary/aromatic N) is 6. The lowest BCUT2D eigenvalue weighted by molar-refractivity contribution is 0.335. The van der Waals surface area contributed by atoms with Gasteiger partial charge < -0.3 is 10.6 Å². The molecule has 10 nitrogen and oxygen atoms in total. The Labute approximate surface area is 247 Å². The minimum Gasteiger partial charge on any atom is -0.337 e. The fourth-order valence-corrected chi connectivity index (χ4v) is 5.46. The number of benzene rings is 2. The van der Waals surface area contributed by atoms with E-state index in [0.29, 0.717) is 44.7 Å². The third-order valence-electron chi connectivity index (χ3n) is 7.55. The first-order valence-electron chi connectivity index (χ1n) is 13.8. The number of alkyl halides is 1. The van der Waals surface area contributed by atoms with Crippen molar-refractivity contribution in [3.05, 3.63) is 109 Å². The smallest absolute Gasteiger partial charge is 0.178 e. The van der Waals surface area contributed by atoms with Gasteiger partial charge in [-0.05, 0) is 60.0 Å². The lowest BCUT2D eigenvalue weighted by Gasteiger charge is -2.14. The summed E-state index contributed by atoms with van der Waals surface area (Å²) < 4.78 is 30.9. The van der Waals surface area contributed by atoms with E-state index >= 15 is 4.39 Å². The van der Waals surface area contributed by atoms with Crippen molar-refractivity contribution < 1.29 is 8.78 Å². The number of pyridine rings is 4. The van der Waals surface area contributed by atoms with Crippen LogP contribution in [0.3, 0.4) is 0 Å². The van der Waals surface area contributed by atoms with Crippen molar-refractivity contribution in [2.24, 2.45) is 0 Å². The van der Waals surface area contributed by atoms with Crippen molar-refractivity contribution in [3.63, 3.8) is 0 Å². The number of anilines is 4. The molecule has 0 amide bonds.